The summed E-state index contributed by atoms with van der Waals surface area (Å²) in [5.74, 6) is 0.0656. The fourth-order valence-electron chi connectivity index (χ4n) is 2.34. The Hall–Kier alpha value is -1.39. The van der Waals surface area contributed by atoms with Crippen LogP contribution in [0.5, 0.6) is 0 Å². The van der Waals surface area contributed by atoms with Gasteiger partial charge in [-0.05, 0) is 32.3 Å². The number of rotatable bonds is 5. The van der Waals surface area contributed by atoms with Crippen LogP contribution < -0.4 is 10.6 Å². The summed E-state index contributed by atoms with van der Waals surface area (Å²) in [6.45, 7) is 6.00. The largest absolute Gasteiger partial charge is 0.381 e. The Balaban J connectivity index is 1.73. The lowest BCUT2D eigenvalue weighted by atomic mass is 10.1. The molecule has 1 atom stereocenters. The summed E-state index contributed by atoms with van der Waals surface area (Å²) >= 11 is 0. The van der Waals surface area contributed by atoms with Gasteiger partial charge in [-0.1, -0.05) is 29.8 Å². The molecule has 4 nitrogen and oxygen atoms in total. The van der Waals surface area contributed by atoms with E-state index in [4.69, 9.17) is 4.74 Å². The van der Waals surface area contributed by atoms with Crippen LogP contribution in [0.4, 0.5) is 0 Å². The normalized spacial score (nSPS) is 17.7. The van der Waals surface area contributed by atoms with Crippen LogP contribution in [-0.2, 0) is 9.53 Å². The molecule has 1 heterocycles. The van der Waals surface area contributed by atoms with Crippen molar-refractivity contribution in [2.75, 3.05) is 19.8 Å². The molecule has 0 aliphatic carbocycles. The van der Waals surface area contributed by atoms with Gasteiger partial charge >= 0.3 is 0 Å². The molecule has 0 spiro atoms. The molecule has 1 fully saturated rings. The van der Waals surface area contributed by atoms with Crippen LogP contribution in [0.1, 0.15) is 36.9 Å². The summed E-state index contributed by atoms with van der Waals surface area (Å²) in [5.41, 5.74) is 2.45. The van der Waals surface area contributed by atoms with Gasteiger partial charge in [0.2, 0.25) is 5.91 Å². The fourth-order valence-corrected chi connectivity index (χ4v) is 2.34. The maximum atomic E-state index is 11.9. The third-order valence-electron chi connectivity index (χ3n) is 3.73. The van der Waals surface area contributed by atoms with E-state index < -0.39 is 0 Å². The number of ether oxygens (including phenoxy) is 1. The van der Waals surface area contributed by atoms with Crippen molar-refractivity contribution < 1.29 is 9.53 Å². The summed E-state index contributed by atoms with van der Waals surface area (Å²) in [6, 6.07) is 8.83. The van der Waals surface area contributed by atoms with Gasteiger partial charge in [-0.15, -0.1) is 0 Å². The molecule has 0 unspecified atom stereocenters. The molecule has 1 aliphatic rings. The van der Waals surface area contributed by atoms with Gasteiger partial charge in [-0.2, -0.15) is 0 Å². The highest BCUT2D eigenvalue weighted by Crippen LogP contribution is 2.12. The van der Waals surface area contributed by atoms with E-state index in [2.05, 4.69) is 48.7 Å². The minimum absolute atomic E-state index is 0.0656. The first-order chi connectivity index (χ1) is 9.65. The molecule has 1 aliphatic heterocycles. The molecular formula is C16H24N2O2. The van der Waals surface area contributed by atoms with Crippen molar-refractivity contribution in [2.45, 2.75) is 38.8 Å². The van der Waals surface area contributed by atoms with Crippen LogP contribution in [0.3, 0.4) is 0 Å². The van der Waals surface area contributed by atoms with Crippen molar-refractivity contribution >= 4 is 5.91 Å². The summed E-state index contributed by atoms with van der Waals surface area (Å²) in [7, 11) is 0. The van der Waals surface area contributed by atoms with E-state index >= 15 is 0 Å². The molecule has 0 radical (unpaired) electrons. The summed E-state index contributed by atoms with van der Waals surface area (Å²) in [6.07, 6.45) is 1.83. The van der Waals surface area contributed by atoms with Crippen molar-refractivity contribution in [1.82, 2.24) is 10.6 Å². The Bertz CT molecular complexity index is 425. The number of benzene rings is 1. The Labute approximate surface area is 120 Å². The molecule has 0 saturated carbocycles. The fraction of sp³-hybridized carbons (Fsp3) is 0.562. The molecule has 4 heteroatoms. The second-order valence-corrected chi connectivity index (χ2v) is 5.47. The first-order valence-corrected chi connectivity index (χ1v) is 7.32. The van der Waals surface area contributed by atoms with Gasteiger partial charge in [0.25, 0.3) is 0 Å². The van der Waals surface area contributed by atoms with Crippen molar-refractivity contribution in [3.8, 4) is 0 Å². The van der Waals surface area contributed by atoms with E-state index in [0.29, 0.717) is 6.54 Å². The highest BCUT2D eigenvalue weighted by atomic mass is 16.5. The predicted octanol–water partition coefficient (Wildman–Crippen LogP) is 1.94. The van der Waals surface area contributed by atoms with Gasteiger partial charge in [0.05, 0.1) is 6.54 Å². The van der Waals surface area contributed by atoms with E-state index in [0.717, 1.165) is 26.1 Å². The van der Waals surface area contributed by atoms with Gasteiger partial charge in [0, 0.05) is 25.3 Å². The lowest BCUT2D eigenvalue weighted by Gasteiger charge is -2.23. The zero-order chi connectivity index (χ0) is 14.4. The zero-order valence-corrected chi connectivity index (χ0v) is 12.3. The van der Waals surface area contributed by atoms with Crippen molar-refractivity contribution in [2.24, 2.45) is 0 Å². The maximum Gasteiger partial charge on any atom is 0.234 e. The monoisotopic (exact) mass is 276 g/mol. The first kappa shape index (κ1) is 15.0. The van der Waals surface area contributed by atoms with Gasteiger partial charge in [-0.25, -0.2) is 0 Å². The van der Waals surface area contributed by atoms with Crippen LogP contribution in [0.15, 0.2) is 24.3 Å². The smallest absolute Gasteiger partial charge is 0.234 e. The van der Waals surface area contributed by atoms with Crippen LogP contribution in [0, 0.1) is 6.92 Å². The standard InChI is InChI=1S/C16H24N2O2/c1-12-3-5-14(6-4-12)13(2)17-11-16(19)18-15-7-9-20-10-8-15/h3-6,13,15,17H,7-11H2,1-2H3,(H,18,19)/t13-/m0/s1. The summed E-state index contributed by atoms with van der Waals surface area (Å²) in [5, 5.41) is 6.32. The lowest BCUT2D eigenvalue weighted by Crippen LogP contribution is -2.43. The van der Waals surface area contributed by atoms with E-state index in [1.165, 1.54) is 11.1 Å². The third kappa shape index (κ3) is 4.62. The van der Waals surface area contributed by atoms with E-state index in [9.17, 15) is 4.79 Å². The first-order valence-electron chi connectivity index (χ1n) is 7.32. The van der Waals surface area contributed by atoms with Gasteiger partial charge < -0.3 is 15.4 Å². The number of amides is 1. The average molecular weight is 276 g/mol. The van der Waals surface area contributed by atoms with Crippen LogP contribution >= 0.6 is 0 Å². The third-order valence-corrected chi connectivity index (χ3v) is 3.73. The molecule has 1 aromatic rings. The number of carbonyl (C=O) groups excluding carboxylic acids is 1. The van der Waals surface area contributed by atoms with E-state index in [1.54, 1.807) is 0 Å². The second-order valence-electron chi connectivity index (χ2n) is 5.47. The Morgan fingerprint density at radius 3 is 2.60 bits per heavy atom. The minimum Gasteiger partial charge on any atom is -0.381 e. The molecule has 1 aromatic carbocycles. The topological polar surface area (TPSA) is 50.4 Å². The molecule has 0 bridgehead atoms. The van der Waals surface area contributed by atoms with Crippen LogP contribution in [0.25, 0.3) is 0 Å². The van der Waals surface area contributed by atoms with Gasteiger partial charge in [0.1, 0.15) is 0 Å². The number of hydrogen-bond acceptors (Lipinski definition) is 3. The number of nitrogens with one attached hydrogen (secondary N) is 2. The van der Waals surface area contributed by atoms with Crippen molar-refractivity contribution in [1.29, 1.82) is 0 Å². The van der Waals surface area contributed by atoms with Crippen LogP contribution in [0.2, 0.25) is 0 Å². The molecule has 0 aromatic heterocycles. The molecule has 1 amide bonds. The molecule has 2 rings (SSSR count). The lowest BCUT2D eigenvalue weighted by molar-refractivity contribution is -0.121. The molecule has 110 valence electrons. The van der Waals surface area contributed by atoms with Crippen molar-refractivity contribution in [3.05, 3.63) is 35.4 Å². The summed E-state index contributed by atoms with van der Waals surface area (Å²) in [4.78, 5) is 11.9. The number of hydrogen-bond donors (Lipinski definition) is 2. The Kier molecular flexibility index (Phi) is 5.56. The second kappa shape index (κ2) is 7.41. The number of aryl methyl sites for hydroxylation is 1. The average Bonchev–Trinajstić information content (AvgIpc) is 2.46. The predicted molar refractivity (Wildman–Crippen MR) is 79.6 cm³/mol. The highest BCUT2D eigenvalue weighted by Gasteiger charge is 2.16. The van der Waals surface area contributed by atoms with Gasteiger partial charge in [0.15, 0.2) is 0 Å². The van der Waals surface area contributed by atoms with Crippen LogP contribution in [-0.4, -0.2) is 31.7 Å². The minimum atomic E-state index is 0.0656. The molecule has 20 heavy (non-hydrogen) atoms. The number of carbonyl (C=O) groups is 1. The van der Waals surface area contributed by atoms with E-state index in [-0.39, 0.29) is 18.0 Å². The highest BCUT2D eigenvalue weighted by molar-refractivity contribution is 5.78. The SMILES string of the molecule is Cc1ccc([C@H](C)NCC(=O)NC2CCOCC2)cc1. The quantitative estimate of drug-likeness (QED) is 0.864. The zero-order valence-electron chi connectivity index (χ0n) is 12.3. The van der Waals surface area contributed by atoms with Gasteiger partial charge in [-0.3, -0.25) is 4.79 Å². The molecular weight excluding hydrogens is 252 g/mol. The molecule has 1 saturated heterocycles. The Morgan fingerprint density at radius 2 is 1.95 bits per heavy atom. The van der Waals surface area contributed by atoms with Crippen molar-refractivity contribution in [3.63, 3.8) is 0 Å². The molecule has 2 N–H and O–H groups in total. The summed E-state index contributed by atoms with van der Waals surface area (Å²) < 4.78 is 5.28. The Morgan fingerprint density at radius 1 is 1.30 bits per heavy atom. The van der Waals surface area contributed by atoms with E-state index in [1.807, 2.05) is 0 Å². The maximum absolute atomic E-state index is 11.9.